The number of unbranched alkanes of at least 4 members (excludes halogenated alkanes) is 1. The van der Waals surface area contributed by atoms with E-state index in [4.69, 9.17) is 18.9 Å². The summed E-state index contributed by atoms with van der Waals surface area (Å²) in [6, 6.07) is 12.3. The van der Waals surface area contributed by atoms with Crippen LogP contribution in [0.25, 0.3) is 0 Å². The number of hydrogen-bond acceptors (Lipinski definition) is 5. The minimum absolute atomic E-state index is 0.415. The molecule has 2 unspecified atom stereocenters. The van der Waals surface area contributed by atoms with Crippen molar-refractivity contribution in [1.29, 1.82) is 0 Å². The van der Waals surface area contributed by atoms with Crippen LogP contribution in [0.2, 0.25) is 0 Å². The van der Waals surface area contributed by atoms with E-state index in [-0.39, 0.29) is 0 Å². The van der Waals surface area contributed by atoms with Crippen molar-refractivity contribution in [3.8, 4) is 23.0 Å². The van der Waals surface area contributed by atoms with Crippen LogP contribution in [0.5, 0.6) is 23.0 Å². The number of carboxylic acids is 1. The highest BCUT2D eigenvalue weighted by Gasteiger charge is 2.39. The Morgan fingerprint density at radius 2 is 1.88 bits per heavy atom. The summed E-state index contributed by atoms with van der Waals surface area (Å²) < 4.78 is 22.8. The van der Waals surface area contributed by atoms with Gasteiger partial charge in [0.2, 0.25) is 6.10 Å². The van der Waals surface area contributed by atoms with Crippen molar-refractivity contribution in [3.63, 3.8) is 0 Å². The van der Waals surface area contributed by atoms with E-state index in [1.165, 1.54) is 0 Å². The molecule has 138 valence electrons. The number of carboxylic acid groups (broad SMARTS) is 1. The molecule has 2 aromatic rings. The van der Waals surface area contributed by atoms with Crippen LogP contribution in [0.4, 0.5) is 0 Å². The Labute approximate surface area is 152 Å². The number of methoxy groups -OCH3 is 1. The highest BCUT2D eigenvalue weighted by atomic mass is 16.6. The molecule has 0 bridgehead atoms. The first-order chi connectivity index (χ1) is 12.6. The van der Waals surface area contributed by atoms with Gasteiger partial charge >= 0.3 is 5.97 Å². The Kier molecular flexibility index (Phi) is 5.51. The van der Waals surface area contributed by atoms with Gasteiger partial charge in [-0.2, -0.15) is 0 Å². The average Bonchev–Trinajstić information content (AvgIpc) is 2.67. The molecule has 2 aromatic carbocycles. The molecular formula is C20H22O6. The second kappa shape index (κ2) is 7.99. The van der Waals surface area contributed by atoms with E-state index in [9.17, 15) is 9.90 Å². The standard InChI is InChI=1S/C20H22O6/c1-3-4-11-24-17-12-13(23-2)9-10-14(17)18-19(20(21)22)26-16-8-6-5-7-15(16)25-18/h5-10,12,18-19H,3-4,11H2,1-2H3,(H,21,22). The third-order valence-corrected chi connectivity index (χ3v) is 4.16. The van der Waals surface area contributed by atoms with E-state index < -0.39 is 18.2 Å². The van der Waals surface area contributed by atoms with E-state index in [0.717, 1.165) is 12.8 Å². The molecule has 0 aliphatic carbocycles. The molecule has 0 amide bonds. The highest BCUT2D eigenvalue weighted by Crippen LogP contribution is 2.42. The van der Waals surface area contributed by atoms with Gasteiger partial charge in [-0.25, -0.2) is 4.79 Å². The van der Waals surface area contributed by atoms with Gasteiger partial charge in [-0.05, 0) is 30.7 Å². The normalized spacial score (nSPS) is 18.2. The number of rotatable bonds is 7. The van der Waals surface area contributed by atoms with Crippen LogP contribution in [-0.2, 0) is 4.79 Å². The molecule has 2 atom stereocenters. The van der Waals surface area contributed by atoms with Crippen LogP contribution in [0.15, 0.2) is 42.5 Å². The fraction of sp³-hybridized carbons (Fsp3) is 0.350. The Morgan fingerprint density at radius 1 is 1.15 bits per heavy atom. The third-order valence-electron chi connectivity index (χ3n) is 4.16. The summed E-state index contributed by atoms with van der Waals surface area (Å²) in [7, 11) is 1.57. The minimum atomic E-state index is -1.17. The molecule has 6 heteroatoms. The van der Waals surface area contributed by atoms with E-state index in [0.29, 0.717) is 35.2 Å². The molecule has 0 fully saturated rings. The van der Waals surface area contributed by atoms with Gasteiger partial charge in [-0.15, -0.1) is 0 Å². The Balaban J connectivity index is 1.98. The van der Waals surface area contributed by atoms with Gasteiger partial charge in [0.25, 0.3) is 0 Å². The number of carbonyl (C=O) groups is 1. The van der Waals surface area contributed by atoms with Gasteiger partial charge in [-0.1, -0.05) is 25.5 Å². The molecule has 0 radical (unpaired) electrons. The van der Waals surface area contributed by atoms with Gasteiger partial charge in [0, 0.05) is 11.6 Å². The van der Waals surface area contributed by atoms with Gasteiger partial charge in [-0.3, -0.25) is 0 Å². The fourth-order valence-electron chi connectivity index (χ4n) is 2.78. The lowest BCUT2D eigenvalue weighted by molar-refractivity contribution is -0.151. The maximum Gasteiger partial charge on any atom is 0.349 e. The largest absolute Gasteiger partial charge is 0.497 e. The maximum atomic E-state index is 11.8. The van der Waals surface area contributed by atoms with E-state index in [1.54, 1.807) is 43.5 Å². The molecule has 6 nitrogen and oxygen atoms in total. The average molecular weight is 358 g/mol. The van der Waals surface area contributed by atoms with Crippen molar-refractivity contribution in [2.24, 2.45) is 0 Å². The van der Waals surface area contributed by atoms with E-state index in [1.807, 2.05) is 6.07 Å². The summed E-state index contributed by atoms with van der Waals surface area (Å²) in [5, 5.41) is 9.63. The molecule has 0 aromatic heterocycles. The predicted molar refractivity (Wildman–Crippen MR) is 95.3 cm³/mol. The molecule has 26 heavy (non-hydrogen) atoms. The zero-order chi connectivity index (χ0) is 18.5. The number of benzene rings is 2. The molecule has 1 heterocycles. The Hall–Kier alpha value is -2.89. The van der Waals surface area contributed by atoms with Gasteiger partial charge in [0.05, 0.1) is 13.7 Å². The number of ether oxygens (including phenoxy) is 4. The second-order valence-corrected chi connectivity index (χ2v) is 5.97. The molecule has 1 aliphatic rings. The first-order valence-electron chi connectivity index (χ1n) is 8.60. The Bertz CT molecular complexity index is 773. The fourth-order valence-corrected chi connectivity index (χ4v) is 2.78. The van der Waals surface area contributed by atoms with Crippen LogP contribution in [-0.4, -0.2) is 30.9 Å². The summed E-state index contributed by atoms with van der Waals surface area (Å²) in [5.41, 5.74) is 0.615. The number of aliphatic carboxylic acids is 1. The van der Waals surface area contributed by atoms with Gasteiger partial charge < -0.3 is 24.1 Å². The highest BCUT2D eigenvalue weighted by molar-refractivity contribution is 5.75. The monoisotopic (exact) mass is 358 g/mol. The SMILES string of the molecule is CCCCOc1cc(OC)ccc1C1Oc2ccccc2OC1C(=O)O. The van der Waals surface area contributed by atoms with E-state index in [2.05, 4.69) is 6.92 Å². The van der Waals surface area contributed by atoms with Crippen LogP contribution in [0.3, 0.4) is 0 Å². The molecule has 0 saturated carbocycles. The van der Waals surface area contributed by atoms with Crippen molar-refractivity contribution >= 4 is 5.97 Å². The number of hydrogen-bond donors (Lipinski definition) is 1. The van der Waals surface area contributed by atoms with Crippen molar-refractivity contribution in [1.82, 2.24) is 0 Å². The van der Waals surface area contributed by atoms with Crippen LogP contribution in [0, 0.1) is 0 Å². The first kappa shape index (κ1) is 17.9. The summed E-state index contributed by atoms with van der Waals surface area (Å²) in [6.07, 6.45) is -0.117. The summed E-state index contributed by atoms with van der Waals surface area (Å²) in [4.78, 5) is 11.8. The van der Waals surface area contributed by atoms with Crippen molar-refractivity contribution in [2.75, 3.05) is 13.7 Å². The lowest BCUT2D eigenvalue weighted by Gasteiger charge is -2.32. The zero-order valence-corrected chi connectivity index (χ0v) is 14.8. The number of fused-ring (bicyclic) bond motifs is 1. The predicted octanol–water partition coefficient (Wildman–Crippen LogP) is 3.84. The van der Waals surface area contributed by atoms with Crippen LogP contribution < -0.4 is 18.9 Å². The van der Waals surface area contributed by atoms with E-state index >= 15 is 0 Å². The first-order valence-corrected chi connectivity index (χ1v) is 8.60. The molecule has 0 spiro atoms. The smallest absolute Gasteiger partial charge is 0.349 e. The molecular weight excluding hydrogens is 336 g/mol. The summed E-state index contributed by atoms with van der Waals surface area (Å²) in [5.74, 6) is 0.990. The third kappa shape index (κ3) is 3.69. The van der Waals surface area contributed by atoms with Crippen molar-refractivity contribution < 1.29 is 28.8 Å². The van der Waals surface area contributed by atoms with Crippen molar-refractivity contribution in [2.45, 2.75) is 32.0 Å². The molecule has 1 aliphatic heterocycles. The summed E-state index contributed by atoms with van der Waals surface area (Å²) >= 11 is 0. The zero-order valence-electron chi connectivity index (χ0n) is 14.8. The molecule has 3 rings (SSSR count). The molecule has 0 saturated heterocycles. The van der Waals surface area contributed by atoms with Crippen LogP contribution in [0.1, 0.15) is 31.4 Å². The van der Waals surface area contributed by atoms with Gasteiger partial charge in [0.15, 0.2) is 17.6 Å². The molecule has 1 N–H and O–H groups in total. The van der Waals surface area contributed by atoms with Crippen molar-refractivity contribution in [3.05, 3.63) is 48.0 Å². The maximum absolute atomic E-state index is 11.8. The minimum Gasteiger partial charge on any atom is -0.497 e. The lowest BCUT2D eigenvalue weighted by Crippen LogP contribution is -2.39. The number of para-hydroxylation sites is 2. The lowest BCUT2D eigenvalue weighted by atomic mass is 10.0. The quantitative estimate of drug-likeness (QED) is 0.758. The Morgan fingerprint density at radius 3 is 2.54 bits per heavy atom. The second-order valence-electron chi connectivity index (χ2n) is 5.97. The summed E-state index contributed by atoms with van der Waals surface area (Å²) in [6.45, 7) is 2.60. The van der Waals surface area contributed by atoms with Crippen LogP contribution >= 0.6 is 0 Å². The topological polar surface area (TPSA) is 74.2 Å². The van der Waals surface area contributed by atoms with Gasteiger partial charge in [0.1, 0.15) is 11.5 Å².